The maximum absolute atomic E-state index is 8.48. The quantitative estimate of drug-likeness (QED) is 0.0339. The molecule has 0 spiro atoms. The third kappa shape index (κ3) is 105. The van der Waals surface area contributed by atoms with Crippen LogP contribution >= 0.6 is 17.2 Å². The zero-order valence-corrected chi connectivity index (χ0v) is 50.9. The molecule has 0 aromatic carbocycles. The predicted octanol–water partition coefficient (Wildman–Crippen LogP) is 13.3. The van der Waals surface area contributed by atoms with Crippen molar-refractivity contribution in [2.24, 2.45) is 0 Å². The van der Waals surface area contributed by atoms with E-state index in [2.05, 4.69) is 41.5 Å². The zero-order valence-electron chi connectivity index (χ0n) is 40.5. The van der Waals surface area contributed by atoms with Crippen LogP contribution in [0, 0.1) is 0 Å². The van der Waals surface area contributed by atoms with Gasteiger partial charge in [-0.05, 0) is 0 Å². The fraction of sp³-hybridized carbons (Fsp3) is 1.00. The molecule has 0 bridgehead atoms. The smallest absolute Gasteiger partial charge is 0.438 e. The van der Waals surface area contributed by atoms with Crippen molar-refractivity contribution in [1.82, 2.24) is 0 Å². The van der Waals surface area contributed by atoms with Crippen LogP contribution in [0.3, 0.4) is 0 Å². The van der Waals surface area contributed by atoms with Crippen LogP contribution in [0.4, 0.5) is 0 Å². The van der Waals surface area contributed by atoms with Gasteiger partial charge in [0.25, 0.3) is 0 Å². The van der Waals surface area contributed by atoms with Gasteiger partial charge in [-0.25, -0.2) is 0 Å². The summed E-state index contributed by atoms with van der Waals surface area (Å²) in [6.07, 6.45) is 53.5. The number of hydrogen-bond donors (Lipinski definition) is 0. The first kappa shape index (κ1) is 71.0. The van der Waals surface area contributed by atoms with Gasteiger partial charge < -0.3 is 46.6 Å². The average Bonchev–Trinajstić information content (AvgIpc) is 3.20. The second kappa shape index (κ2) is 75.3. The maximum atomic E-state index is 8.48. The molecule has 0 atom stereocenters. The van der Waals surface area contributed by atoms with Crippen LogP contribution in [0.1, 0.15) is 273 Å². The van der Waals surface area contributed by atoms with E-state index in [1.165, 1.54) is 193 Å². The van der Waals surface area contributed by atoms with Crippen LogP contribution in [0.2, 0.25) is 26.6 Å². The second-order valence-corrected chi connectivity index (χ2v) is 30.0. The topological polar surface area (TPSA) is 138 Å². The van der Waals surface area contributed by atoms with Crippen molar-refractivity contribution in [1.29, 1.82) is 0 Å². The van der Waals surface area contributed by atoms with Crippen molar-refractivity contribution in [3.05, 3.63) is 0 Å². The van der Waals surface area contributed by atoms with E-state index in [0.29, 0.717) is 0 Å². The summed E-state index contributed by atoms with van der Waals surface area (Å²) in [5, 5.41) is 0. The summed E-state index contributed by atoms with van der Waals surface area (Å²) in [7, 11) is -6.74. The first-order valence-corrected chi connectivity index (χ1v) is 39.8. The van der Waals surface area contributed by atoms with Gasteiger partial charge in [0.15, 0.2) is 0 Å². The third-order valence-electron chi connectivity index (χ3n) is 10.2. The Balaban J connectivity index is -0.000000225. The molecule has 0 saturated heterocycles. The van der Waals surface area contributed by atoms with Crippen molar-refractivity contribution in [2.45, 2.75) is 299 Å². The second-order valence-electron chi connectivity index (χ2n) is 16.3. The molecular formula is C48H102O6P2Sn3. The first-order valence-electron chi connectivity index (χ1n) is 25.5. The first-order chi connectivity index (χ1) is 28.7. The van der Waals surface area contributed by atoms with Gasteiger partial charge in [-0.3, -0.25) is 0 Å². The maximum Gasteiger partial charge on any atom is -0.438 e. The molecule has 0 aromatic rings. The minimum atomic E-state index is -3.37. The molecule has 0 amide bonds. The van der Waals surface area contributed by atoms with Gasteiger partial charge in [0.1, 0.15) is 0 Å². The zero-order chi connectivity index (χ0) is 45.0. The molecule has 0 aliphatic heterocycles. The Labute approximate surface area is 405 Å². The fourth-order valence-electron chi connectivity index (χ4n) is 6.56. The SMILES string of the molecule is CCCCCCC[CH2][Sn+2][CH2]CCCCCCC.CCCCCCC[CH2][Sn+2][CH2]CCCCCCC.CCCCCCC[CH2][Sn+2][CH2]CCCCCCC.[O-]P([O-])[O-].[O-]P([O-])[O-]. The Kier molecular flexibility index (Phi) is 90.7. The fourth-order valence-corrected chi connectivity index (χ4v) is 17.3. The molecule has 0 saturated carbocycles. The molecule has 0 heterocycles. The Morgan fingerprint density at radius 1 is 0.203 bits per heavy atom. The molecule has 0 rings (SSSR count). The van der Waals surface area contributed by atoms with Crippen LogP contribution < -0.4 is 29.4 Å². The summed E-state index contributed by atoms with van der Waals surface area (Å²) >= 11 is 0.221. The Morgan fingerprint density at radius 2 is 0.305 bits per heavy atom. The van der Waals surface area contributed by atoms with E-state index < -0.39 is 17.2 Å². The van der Waals surface area contributed by atoms with Crippen LogP contribution in [0.5, 0.6) is 0 Å². The molecule has 11 heteroatoms. The standard InChI is InChI=1S/6C8H17.2O3P.3Sn/c6*1-3-5-7-8-6-4-2;2*1-4(2)3;;;/h6*1,3-8H2,2H3;;;;;/q;;;;;;2*-3;3*+2. The Hall–Kier alpha value is 3.02. The summed E-state index contributed by atoms with van der Waals surface area (Å²) in [6, 6.07) is 0. The molecule has 6 nitrogen and oxygen atoms in total. The minimum absolute atomic E-state index is 0.0736. The molecule has 0 fully saturated rings. The van der Waals surface area contributed by atoms with Crippen molar-refractivity contribution in [3.63, 3.8) is 0 Å². The van der Waals surface area contributed by atoms with E-state index in [9.17, 15) is 0 Å². The molecule has 0 aromatic heterocycles. The van der Waals surface area contributed by atoms with Crippen LogP contribution in [-0.4, -0.2) is 63.4 Å². The van der Waals surface area contributed by atoms with E-state index in [0.717, 1.165) is 0 Å². The van der Waals surface area contributed by atoms with E-state index >= 15 is 0 Å². The van der Waals surface area contributed by atoms with Crippen LogP contribution in [0.25, 0.3) is 0 Å². The third-order valence-corrected chi connectivity index (χ3v) is 22.4. The summed E-state index contributed by atoms with van der Waals surface area (Å²) in [4.78, 5) is 50.9. The van der Waals surface area contributed by atoms with Gasteiger partial charge in [-0.15, -0.1) is 0 Å². The normalized spacial score (nSPS) is 10.3. The molecule has 59 heavy (non-hydrogen) atoms. The molecule has 352 valence electrons. The monoisotopic (exact) mass is 1200 g/mol. The van der Waals surface area contributed by atoms with Gasteiger partial charge in [0, 0.05) is 0 Å². The van der Waals surface area contributed by atoms with Crippen molar-refractivity contribution in [3.8, 4) is 0 Å². The van der Waals surface area contributed by atoms with Crippen molar-refractivity contribution >= 4 is 80.6 Å². The van der Waals surface area contributed by atoms with E-state index in [1.54, 1.807) is 65.1 Å². The summed E-state index contributed by atoms with van der Waals surface area (Å²) in [5.41, 5.74) is 0. The van der Waals surface area contributed by atoms with E-state index in [4.69, 9.17) is 29.4 Å². The number of hydrogen-bond acceptors (Lipinski definition) is 6. The Bertz CT molecular complexity index is 506. The minimum Gasteiger partial charge on any atom is -0.854 e. The number of unbranched alkanes of at least 4 members (excludes halogenated alkanes) is 30. The molecule has 0 aliphatic carbocycles. The van der Waals surface area contributed by atoms with Crippen molar-refractivity contribution < 1.29 is 29.4 Å². The molecular weight excluding hydrogens is 1090 g/mol. The van der Waals surface area contributed by atoms with Gasteiger partial charge in [0.2, 0.25) is 0 Å². The van der Waals surface area contributed by atoms with E-state index in [1.807, 2.05) is 0 Å². The molecule has 0 N–H and O–H groups in total. The van der Waals surface area contributed by atoms with Crippen molar-refractivity contribution in [2.75, 3.05) is 0 Å². The summed E-state index contributed by atoms with van der Waals surface area (Å²) in [5.74, 6) is 0. The van der Waals surface area contributed by atoms with Gasteiger partial charge >= 0.3 is 363 Å². The summed E-state index contributed by atoms with van der Waals surface area (Å²) in [6.45, 7) is 13.8. The van der Waals surface area contributed by atoms with Gasteiger partial charge in [0.05, 0.1) is 0 Å². The summed E-state index contributed by atoms with van der Waals surface area (Å²) < 4.78 is 9.94. The van der Waals surface area contributed by atoms with Gasteiger partial charge in [-0.2, -0.15) is 0 Å². The average molecular weight is 1190 g/mol. The Morgan fingerprint density at radius 3 is 0.424 bits per heavy atom. The number of rotatable bonds is 42. The molecule has 0 unspecified atom stereocenters. The predicted molar refractivity (Wildman–Crippen MR) is 260 cm³/mol. The van der Waals surface area contributed by atoms with Crippen LogP contribution in [-0.2, 0) is 0 Å². The van der Waals surface area contributed by atoms with Gasteiger partial charge in [-0.1, -0.05) is 0 Å². The van der Waals surface area contributed by atoms with E-state index in [-0.39, 0.29) is 63.4 Å². The molecule has 0 radical (unpaired) electrons. The van der Waals surface area contributed by atoms with Crippen LogP contribution in [0.15, 0.2) is 0 Å². The largest absolute Gasteiger partial charge is 0.854 e. The molecule has 0 aliphatic rings.